The number of aromatic nitrogens is 1. The highest BCUT2D eigenvalue weighted by Crippen LogP contribution is 2.20. The number of nitrogens with zero attached hydrogens (tertiary/aromatic N) is 3. The van der Waals surface area contributed by atoms with E-state index in [2.05, 4.69) is 41.0 Å². The minimum absolute atomic E-state index is 0.0957. The Labute approximate surface area is 155 Å². The van der Waals surface area contributed by atoms with Gasteiger partial charge in [0.15, 0.2) is 11.5 Å². The van der Waals surface area contributed by atoms with Crippen molar-refractivity contribution in [1.82, 2.24) is 20.3 Å². The molecular formula is C20H28N4O2. The van der Waals surface area contributed by atoms with Gasteiger partial charge in [-0.3, -0.25) is 9.69 Å². The molecule has 1 fully saturated rings. The van der Waals surface area contributed by atoms with Gasteiger partial charge in [0, 0.05) is 49.9 Å². The van der Waals surface area contributed by atoms with Gasteiger partial charge in [-0.15, -0.1) is 0 Å². The molecule has 6 heteroatoms. The predicted octanol–water partition coefficient (Wildman–Crippen LogP) is 2.49. The van der Waals surface area contributed by atoms with E-state index in [1.54, 1.807) is 6.07 Å². The van der Waals surface area contributed by atoms with Gasteiger partial charge in [0.2, 0.25) is 0 Å². The molecule has 1 aromatic carbocycles. The fourth-order valence-corrected chi connectivity index (χ4v) is 3.29. The molecular weight excluding hydrogens is 328 g/mol. The number of rotatable bonds is 6. The smallest absolute Gasteiger partial charge is 0.273 e. The van der Waals surface area contributed by atoms with Gasteiger partial charge in [0.1, 0.15) is 0 Å². The SMILES string of the molecule is CCN1CCN(C(C)(C)CNC(=O)c2cc(-c3ccccc3)on2)CC1. The number of likely N-dealkylation sites (N-methyl/N-ethyl adjacent to an activating group) is 1. The van der Waals surface area contributed by atoms with Crippen LogP contribution >= 0.6 is 0 Å². The summed E-state index contributed by atoms with van der Waals surface area (Å²) in [7, 11) is 0. The third-order valence-electron chi connectivity index (χ3n) is 5.16. The minimum Gasteiger partial charge on any atom is -0.355 e. The maximum atomic E-state index is 12.5. The second kappa shape index (κ2) is 8.01. The lowest BCUT2D eigenvalue weighted by Gasteiger charge is -2.44. The molecule has 2 heterocycles. The van der Waals surface area contributed by atoms with Crippen molar-refractivity contribution in [2.24, 2.45) is 0 Å². The van der Waals surface area contributed by atoms with E-state index in [-0.39, 0.29) is 11.4 Å². The first-order valence-electron chi connectivity index (χ1n) is 9.27. The van der Waals surface area contributed by atoms with E-state index in [1.807, 2.05) is 30.3 Å². The third kappa shape index (κ3) is 4.31. The molecule has 0 unspecified atom stereocenters. The van der Waals surface area contributed by atoms with Gasteiger partial charge >= 0.3 is 0 Å². The monoisotopic (exact) mass is 356 g/mol. The van der Waals surface area contributed by atoms with Gasteiger partial charge < -0.3 is 14.7 Å². The molecule has 6 nitrogen and oxygen atoms in total. The molecule has 1 N–H and O–H groups in total. The Kier molecular flexibility index (Phi) is 5.74. The van der Waals surface area contributed by atoms with Crippen LogP contribution in [0.2, 0.25) is 0 Å². The van der Waals surface area contributed by atoms with Gasteiger partial charge in [-0.05, 0) is 20.4 Å². The summed E-state index contributed by atoms with van der Waals surface area (Å²) in [6, 6.07) is 11.4. The lowest BCUT2D eigenvalue weighted by molar-refractivity contribution is 0.0520. The molecule has 1 aromatic heterocycles. The Hall–Kier alpha value is -2.18. The summed E-state index contributed by atoms with van der Waals surface area (Å²) in [5.74, 6) is 0.405. The minimum atomic E-state index is -0.198. The first kappa shape index (κ1) is 18.6. The standard InChI is InChI=1S/C20H28N4O2/c1-4-23-10-12-24(13-11-23)20(2,3)15-21-19(25)17-14-18(26-22-17)16-8-6-5-7-9-16/h5-9,14H,4,10-13,15H2,1-3H3,(H,21,25). The maximum Gasteiger partial charge on any atom is 0.273 e. The molecule has 0 atom stereocenters. The quantitative estimate of drug-likeness (QED) is 0.862. The molecule has 0 saturated carbocycles. The number of carbonyl (C=O) groups excluding carboxylic acids is 1. The van der Waals surface area contributed by atoms with E-state index >= 15 is 0 Å². The molecule has 1 aliphatic rings. The number of hydrogen-bond acceptors (Lipinski definition) is 5. The summed E-state index contributed by atoms with van der Waals surface area (Å²) >= 11 is 0. The van der Waals surface area contributed by atoms with Crippen molar-refractivity contribution in [3.63, 3.8) is 0 Å². The second-order valence-corrected chi connectivity index (χ2v) is 7.36. The second-order valence-electron chi connectivity index (χ2n) is 7.36. The lowest BCUT2D eigenvalue weighted by Crippen LogP contribution is -2.58. The zero-order chi connectivity index (χ0) is 18.6. The van der Waals surface area contributed by atoms with E-state index < -0.39 is 0 Å². The van der Waals surface area contributed by atoms with Crippen molar-refractivity contribution >= 4 is 5.91 Å². The van der Waals surface area contributed by atoms with Crippen LogP contribution in [0.1, 0.15) is 31.3 Å². The Morgan fingerprint density at radius 2 is 1.88 bits per heavy atom. The van der Waals surface area contributed by atoms with E-state index in [0.29, 0.717) is 18.0 Å². The van der Waals surface area contributed by atoms with E-state index in [1.165, 1.54) is 0 Å². The number of piperazine rings is 1. The number of nitrogens with one attached hydrogen (secondary N) is 1. The largest absolute Gasteiger partial charge is 0.355 e. The van der Waals surface area contributed by atoms with Crippen molar-refractivity contribution in [2.75, 3.05) is 39.3 Å². The summed E-state index contributed by atoms with van der Waals surface area (Å²) < 4.78 is 5.32. The van der Waals surface area contributed by atoms with Crippen LogP contribution < -0.4 is 5.32 Å². The number of amides is 1. The molecule has 3 rings (SSSR count). The Bertz CT molecular complexity index is 718. The van der Waals surface area contributed by atoms with E-state index in [4.69, 9.17) is 4.52 Å². The van der Waals surface area contributed by atoms with Crippen molar-refractivity contribution < 1.29 is 9.32 Å². The lowest BCUT2D eigenvalue weighted by atomic mass is 10.0. The van der Waals surface area contributed by atoms with E-state index in [0.717, 1.165) is 38.3 Å². The Balaban J connectivity index is 1.56. The van der Waals surface area contributed by atoms with Crippen LogP contribution in [0.25, 0.3) is 11.3 Å². The van der Waals surface area contributed by atoms with Crippen LogP contribution in [0, 0.1) is 0 Å². The summed E-state index contributed by atoms with van der Waals surface area (Å²) in [6.45, 7) is 12.4. The molecule has 26 heavy (non-hydrogen) atoms. The molecule has 0 bridgehead atoms. The highest BCUT2D eigenvalue weighted by atomic mass is 16.5. The molecule has 1 amide bonds. The first-order valence-corrected chi connectivity index (χ1v) is 9.27. The molecule has 0 radical (unpaired) electrons. The van der Waals surface area contributed by atoms with Crippen LogP contribution in [0.15, 0.2) is 40.9 Å². The van der Waals surface area contributed by atoms with Crippen molar-refractivity contribution in [2.45, 2.75) is 26.3 Å². The van der Waals surface area contributed by atoms with Crippen molar-refractivity contribution in [3.05, 3.63) is 42.1 Å². The number of hydrogen-bond donors (Lipinski definition) is 1. The zero-order valence-corrected chi connectivity index (χ0v) is 15.9. The maximum absolute atomic E-state index is 12.5. The predicted molar refractivity (Wildman–Crippen MR) is 102 cm³/mol. The van der Waals surface area contributed by atoms with Gasteiger partial charge in [0.05, 0.1) is 0 Å². The summed E-state index contributed by atoms with van der Waals surface area (Å²) in [4.78, 5) is 17.3. The Morgan fingerprint density at radius 3 is 2.54 bits per heavy atom. The molecule has 1 saturated heterocycles. The first-order chi connectivity index (χ1) is 12.5. The fourth-order valence-electron chi connectivity index (χ4n) is 3.29. The van der Waals surface area contributed by atoms with Crippen molar-refractivity contribution in [1.29, 1.82) is 0 Å². The molecule has 140 valence electrons. The average molecular weight is 356 g/mol. The van der Waals surface area contributed by atoms with Crippen molar-refractivity contribution in [3.8, 4) is 11.3 Å². The molecule has 2 aromatic rings. The Morgan fingerprint density at radius 1 is 1.19 bits per heavy atom. The fraction of sp³-hybridized carbons (Fsp3) is 0.500. The third-order valence-corrected chi connectivity index (χ3v) is 5.16. The van der Waals surface area contributed by atoms with Gasteiger partial charge in [-0.25, -0.2) is 0 Å². The average Bonchev–Trinajstić information content (AvgIpc) is 3.17. The van der Waals surface area contributed by atoms with Gasteiger partial charge in [-0.2, -0.15) is 0 Å². The highest BCUT2D eigenvalue weighted by Gasteiger charge is 2.30. The van der Waals surface area contributed by atoms with Crippen LogP contribution in [-0.2, 0) is 0 Å². The topological polar surface area (TPSA) is 61.6 Å². The van der Waals surface area contributed by atoms with Gasteiger partial charge in [0.25, 0.3) is 5.91 Å². The van der Waals surface area contributed by atoms with Crippen LogP contribution in [-0.4, -0.2) is 65.7 Å². The molecule has 0 spiro atoms. The van der Waals surface area contributed by atoms with Crippen LogP contribution in [0.3, 0.4) is 0 Å². The molecule has 1 aliphatic heterocycles. The van der Waals surface area contributed by atoms with Gasteiger partial charge in [-0.1, -0.05) is 42.4 Å². The summed E-state index contributed by atoms with van der Waals surface area (Å²) in [6.07, 6.45) is 0. The van der Waals surface area contributed by atoms with Crippen LogP contribution in [0.4, 0.5) is 0 Å². The number of benzene rings is 1. The van der Waals surface area contributed by atoms with E-state index in [9.17, 15) is 4.79 Å². The zero-order valence-electron chi connectivity index (χ0n) is 15.9. The summed E-state index contributed by atoms with van der Waals surface area (Å²) in [5.41, 5.74) is 1.13. The number of carbonyl (C=O) groups is 1. The van der Waals surface area contributed by atoms with Crippen LogP contribution in [0.5, 0.6) is 0 Å². The normalized spacial score (nSPS) is 16.6. The molecule has 0 aliphatic carbocycles. The summed E-state index contributed by atoms with van der Waals surface area (Å²) in [5, 5.41) is 6.93. The highest BCUT2D eigenvalue weighted by molar-refractivity contribution is 5.93.